The third kappa shape index (κ3) is 9.04. The highest BCUT2D eigenvalue weighted by Crippen LogP contribution is 2.20. The molecule has 1 rings (SSSR count). The molecule has 130 valence electrons. The molecule has 22 heavy (non-hydrogen) atoms. The first kappa shape index (κ1) is 20.9. The second-order valence-corrected chi connectivity index (χ2v) is 6.22. The summed E-state index contributed by atoms with van der Waals surface area (Å²) < 4.78 is 63.5. The average Bonchev–Trinajstić information content (AvgIpc) is 2.83. The molecule has 0 spiro atoms. The molecule has 0 bridgehead atoms. The van der Waals surface area contributed by atoms with Crippen LogP contribution in [-0.4, -0.2) is 23.0 Å². The Morgan fingerprint density at radius 3 is 2.14 bits per heavy atom. The van der Waals surface area contributed by atoms with Gasteiger partial charge in [-0.1, -0.05) is 26.7 Å². The smallest absolute Gasteiger partial charge is 0.485 e. The molecule has 0 aliphatic rings. The molecule has 1 heterocycles. The lowest BCUT2D eigenvalue weighted by Gasteiger charge is -2.08. The third-order valence-corrected chi connectivity index (χ3v) is 3.39. The summed E-state index contributed by atoms with van der Waals surface area (Å²) in [5.41, 5.74) is -5.65. The van der Waals surface area contributed by atoms with Gasteiger partial charge in [0.05, 0.1) is 13.1 Å². The molecule has 0 unspecified atom stereocenters. The number of hydrogen-bond donors (Lipinski definition) is 0. The molecule has 0 aliphatic carbocycles. The standard InChI is InChI=1S/C12H23N2.CHF3O3S/c1-3-5-7-9-14-11-10-13(12-14)8-6-4-2;2-1(3,4)8(5,6)7/h10-12H,3-9H2,1-2H3;(H,5,6,7)/q+1;/p-1. The van der Waals surface area contributed by atoms with E-state index >= 15 is 0 Å². The first-order valence-electron chi connectivity index (χ1n) is 7.18. The molecule has 9 heteroatoms. The van der Waals surface area contributed by atoms with Crippen molar-refractivity contribution in [1.29, 1.82) is 0 Å². The zero-order valence-electron chi connectivity index (χ0n) is 12.8. The van der Waals surface area contributed by atoms with Crippen molar-refractivity contribution < 1.29 is 30.7 Å². The van der Waals surface area contributed by atoms with Gasteiger partial charge in [0.2, 0.25) is 6.33 Å². The van der Waals surface area contributed by atoms with Gasteiger partial charge in [-0.25, -0.2) is 17.6 Å². The molecular formula is C13H23F3N2O3S. The Labute approximate surface area is 129 Å². The predicted molar refractivity (Wildman–Crippen MR) is 74.8 cm³/mol. The van der Waals surface area contributed by atoms with Crippen molar-refractivity contribution in [1.82, 2.24) is 4.57 Å². The van der Waals surface area contributed by atoms with E-state index in [0.29, 0.717) is 0 Å². The van der Waals surface area contributed by atoms with E-state index in [1.54, 1.807) is 0 Å². The lowest BCUT2D eigenvalue weighted by molar-refractivity contribution is -0.696. The molecule has 0 N–H and O–H groups in total. The third-order valence-electron chi connectivity index (χ3n) is 2.82. The number of alkyl halides is 3. The SMILES string of the molecule is CCCCC[n+]1ccn(CCCC)c1.O=S(=O)([O-])C(F)(F)F. The number of halogens is 3. The van der Waals surface area contributed by atoms with Crippen molar-refractivity contribution in [2.24, 2.45) is 0 Å². The van der Waals surface area contributed by atoms with Gasteiger partial charge in [-0.3, -0.25) is 0 Å². The van der Waals surface area contributed by atoms with Crippen LogP contribution >= 0.6 is 0 Å². The Morgan fingerprint density at radius 2 is 1.68 bits per heavy atom. The monoisotopic (exact) mass is 344 g/mol. The first-order chi connectivity index (χ1) is 10.1. The van der Waals surface area contributed by atoms with Crippen molar-refractivity contribution in [2.45, 2.75) is 64.5 Å². The van der Waals surface area contributed by atoms with Crippen molar-refractivity contribution in [3.63, 3.8) is 0 Å². The Kier molecular flexibility index (Phi) is 9.34. The molecule has 5 nitrogen and oxygen atoms in total. The van der Waals surface area contributed by atoms with Crippen LogP contribution in [0.3, 0.4) is 0 Å². The second-order valence-electron chi connectivity index (χ2n) is 4.85. The van der Waals surface area contributed by atoms with E-state index < -0.39 is 15.6 Å². The van der Waals surface area contributed by atoms with Crippen LogP contribution in [-0.2, 0) is 23.2 Å². The number of nitrogens with zero attached hydrogens (tertiary/aromatic N) is 2. The van der Waals surface area contributed by atoms with Gasteiger partial charge >= 0.3 is 5.51 Å². The summed E-state index contributed by atoms with van der Waals surface area (Å²) in [5.74, 6) is 0. The summed E-state index contributed by atoms with van der Waals surface area (Å²) in [5, 5.41) is 0. The quantitative estimate of drug-likeness (QED) is 0.331. The minimum absolute atomic E-state index is 1.16. The van der Waals surface area contributed by atoms with Crippen LogP contribution in [0, 0.1) is 0 Å². The minimum atomic E-state index is -6.09. The van der Waals surface area contributed by atoms with E-state index in [0.717, 1.165) is 6.54 Å². The maximum absolute atomic E-state index is 10.7. The Bertz CT molecular complexity index is 513. The summed E-state index contributed by atoms with van der Waals surface area (Å²) >= 11 is 0. The Morgan fingerprint density at radius 1 is 1.14 bits per heavy atom. The zero-order valence-corrected chi connectivity index (χ0v) is 13.7. The molecule has 0 radical (unpaired) electrons. The lowest BCUT2D eigenvalue weighted by Crippen LogP contribution is -2.30. The molecule has 0 amide bonds. The van der Waals surface area contributed by atoms with Crippen molar-refractivity contribution in [3.8, 4) is 0 Å². The van der Waals surface area contributed by atoms with E-state index in [9.17, 15) is 13.2 Å². The largest absolute Gasteiger partial charge is 0.741 e. The number of unbranched alkanes of at least 4 members (excludes halogenated alkanes) is 3. The fourth-order valence-corrected chi connectivity index (χ4v) is 1.59. The first-order valence-corrected chi connectivity index (χ1v) is 8.59. The summed E-state index contributed by atoms with van der Waals surface area (Å²) in [6, 6.07) is 0. The fourth-order valence-electron chi connectivity index (χ4n) is 1.59. The molecule has 1 aromatic rings. The van der Waals surface area contributed by atoms with Crippen LogP contribution in [0.5, 0.6) is 0 Å². The Hall–Kier alpha value is -1.09. The van der Waals surface area contributed by atoms with Crippen LogP contribution in [0.15, 0.2) is 18.7 Å². The summed E-state index contributed by atoms with van der Waals surface area (Å²) in [7, 11) is -6.09. The number of rotatable bonds is 7. The van der Waals surface area contributed by atoms with Gasteiger partial charge in [0, 0.05) is 0 Å². The second kappa shape index (κ2) is 9.83. The zero-order chi connectivity index (χ0) is 17.2. The van der Waals surface area contributed by atoms with Crippen LogP contribution < -0.4 is 4.57 Å². The molecule has 0 saturated carbocycles. The van der Waals surface area contributed by atoms with E-state index in [2.05, 4.69) is 41.7 Å². The highest BCUT2D eigenvalue weighted by atomic mass is 32.2. The highest BCUT2D eigenvalue weighted by Gasteiger charge is 2.36. The van der Waals surface area contributed by atoms with Crippen molar-refractivity contribution in [2.75, 3.05) is 0 Å². The normalized spacial score (nSPS) is 11.9. The van der Waals surface area contributed by atoms with Gasteiger partial charge in [0.25, 0.3) is 0 Å². The topological polar surface area (TPSA) is 66.0 Å². The molecule has 0 saturated heterocycles. The molecule has 0 aliphatic heterocycles. The summed E-state index contributed by atoms with van der Waals surface area (Å²) in [6.07, 6.45) is 13.1. The van der Waals surface area contributed by atoms with Gasteiger partial charge in [0.15, 0.2) is 10.1 Å². The predicted octanol–water partition coefficient (Wildman–Crippen LogP) is 2.82. The van der Waals surface area contributed by atoms with E-state index in [-0.39, 0.29) is 0 Å². The highest BCUT2D eigenvalue weighted by molar-refractivity contribution is 7.86. The maximum Gasteiger partial charge on any atom is 0.485 e. The van der Waals surface area contributed by atoms with Gasteiger partial charge in [-0.15, -0.1) is 0 Å². The van der Waals surface area contributed by atoms with E-state index in [1.807, 2.05) is 0 Å². The van der Waals surface area contributed by atoms with Crippen molar-refractivity contribution >= 4 is 10.1 Å². The lowest BCUT2D eigenvalue weighted by atomic mass is 10.2. The number of aromatic nitrogens is 2. The molecule has 1 aromatic heterocycles. The number of aryl methyl sites for hydroxylation is 2. The molecular weight excluding hydrogens is 321 g/mol. The maximum atomic E-state index is 10.7. The summed E-state index contributed by atoms with van der Waals surface area (Å²) in [6.45, 7) is 6.82. The van der Waals surface area contributed by atoms with Crippen LogP contribution in [0.4, 0.5) is 13.2 Å². The number of imidazole rings is 1. The minimum Gasteiger partial charge on any atom is -0.741 e. The summed E-state index contributed by atoms with van der Waals surface area (Å²) in [4.78, 5) is 0. The van der Waals surface area contributed by atoms with Crippen LogP contribution in [0.25, 0.3) is 0 Å². The molecule has 0 fully saturated rings. The van der Waals surface area contributed by atoms with E-state index in [4.69, 9.17) is 13.0 Å². The van der Waals surface area contributed by atoms with Gasteiger partial charge in [-0.2, -0.15) is 13.2 Å². The fraction of sp³-hybridized carbons (Fsp3) is 0.769. The van der Waals surface area contributed by atoms with Crippen LogP contribution in [0.2, 0.25) is 0 Å². The van der Waals surface area contributed by atoms with Crippen LogP contribution in [0.1, 0.15) is 46.0 Å². The van der Waals surface area contributed by atoms with Crippen molar-refractivity contribution in [3.05, 3.63) is 18.7 Å². The van der Waals surface area contributed by atoms with E-state index in [1.165, 1.54) is 38.6 Å². The average molecular weight is 344 g/mol. The molecule has 0 aromatic carbocycles. The van der Waals surface area contributed by atoms with Gasteiger partial charge < -0.3 is 4.55 Å². The number of hydrogen-bond acceptors (Lipinski definition) is 3. The Balaban J connectivity index is 0.000000472. The van der Waals surface area contributed by atoms with Gasteiger partial charge in [-0.05, 0) is 19.3 Å². The molecule has 0 atom stereocenters. The van der Waals surface area contributed by atoms with Gasteiger partial charge in [0.1, 0.15) is 12.4 Å².